The van der Waals surface area contributed by atoms with E-state index >= 15 is 0 Å². The van der Waals surface area contributed by atoms with E-state index in [1.807, 2.05) is 0 Å². The second-order valence-corrected chi connectivity index (χ2v) is 4.79. The molecule has 8 heteroatoms. The van der Waals surface area contributed by atoms with Gasteiger partial charge in [-0.15, -0.1) is 11.3 Å². The Bertz CT molecular complexity index is 374. The van der Waals surface area contributed by atoms with Crippen LogP contribution in [0, 0.1) is 0 Å². The molecule has 0 aliphatic heterocycles. The average Bonchev–Trinajstić information content (AvgIpc) is 2.66. The summed E-state index contributed by atoms with van der Waals surface area (Å²) in [5.41, 5.74) is 0. The third-order valence-corrected chi connectivity index (χ3v) is 3.70. The molecule has 0 aliphatic carbocycles. The Balaban J connectivity index is 2.95. The fourth-order valence-corrected chi connectivity index (χ4v) is 2.22. The lowest BCUT2D eigenvalue weighted by Crippen LogP contribution is -2.54. The highest BCUT2D eigenvalue weighted by molar-refractivity contribution is 9.10. The molecule has 0 radical (unpaired) electrons. The van der Waals surface area contributed by atoms with E-state index in [2.05, 4.69) is 15.9 Å². The molecule has 1 atom stereocenters. The molecule has 16 heavy (non-hydrogen) atoms. The van der Waals surface area contributed by atoms with Crippen LogP contribution in [0.15, 0.2) is 17.5 Å². The third-order valence-electron chi connectivity index (χ3n) is 1.76. The molecular formula is C8H6BrF3O3S. The smallest absolute Gasteiger partial charge is 0.357 e. The number of alkyl halides is 4. The molecule has 1 aromatic rings. The van der Waals surface area contributed by atoms with Crippen LogP contribution in [-0.4, -0.2) is 32.8 Å². The van der Waals surface area contributed by atoms with Crippen LogP contribution in [0.2, 0.25) is 0 Å². The number of carbonyl (C=O) groups excluding carboxylic acids is 1. The molecule has 1 rings (SSSR count). The van der Waals surface area contributed by atoms with Crippen molar-refractivity contribution in [1.29, 1.82) is 0 Å². The number of aliphatic hydroxyl groups is 2. The number of hydrogen-bond donors (Lipinski definition) is 2. The number of thiophene rings is 1. The Labute approximate surface area is 101 Å². The quantitative estimate of drug-likeness (QED) is 0.509. The van der Waals surface area contributed by atoms with Crippen molar-refractivity contribution in [2.24, 2.45) is 0 Å². The summed E-state index contributed by atoms with van der Waals surface area (Å²) < 4.78 is 36.6. The molecule has 0 bridgehead atoms. The molecule has 1 aromatic heterocycles. The Hall–Kier alpha value is -0.440. The zero-order valence-corrected chi connectivity index (χ0v) is 9.93. The number of carbonyl (C=O) groups is 1. The van der Waals surface area contributed by atoms with E-state index < -0.39 is 22.6 Å². The first-order chi connectivity index (χ1) is 7.18. The van der Waals surface area contributed by atoms with Gasteiger partial charge in [0.05, 0.1) is 4.88 Å². The molecule has 0 aromatic carbocycles. The lowest BCUT2D eigenvalue weighted by atomic mass is 10.1. The predicted octanol–water partition coefficient (Wildman–Crippen LogP) is 1.94. The van der Waals surface area contributed by atoms with Crippen molar-refractivity contribution in [3.8, 4) is 0 Å². The third kappa shape index (κ3) is 2.45. The number of ketones is 1. The van der Waals surface area contributed by atoms with Gasteiger partial charge in [0.1, 0.15) is 4.83 Å². The monoisotopic (exact) mass is 318 g/mol. The molecule has 0 saturated carbocycles. The van der Waals surface area contributed by atoms with Gasteiger partial charge in [0.15, 0.2) is 5.78 Å². The van der Waals surface area contributed by atoms with Crippen molar-refractivity contribution in [2.45, 2.75) is 16.8 Å². The minimum Gasteiger partial charge on any atom is -0.357 e. The van der Waals surface area contributed by atoms with Crippen molar-refractivity contribution < 1.29 is 28.2 Å². The van der Waals surface area contributed by atoms with Gasteiger partial charge in [0.25, 0.3) is 5.79 Å². The molecule has 3 nitrogen and oxygen atoms in total. The van der Waals surface area contributed by atoms with Gasteiger partial charge in [0.2, 0.25) is 0 Å². The second-order valence-electron chi connectivity index (χ2n) is 2.93. The Morgan fingerprint density at radius 2 is 2.00 bits per heavy atom. The summed E-state index contributed by atoms with van der Waals surface area (Å²) >= 11 is 3.28. The summed E-state index contributed by atoms with van der Waals surface area (Å²) in [6.07, 6.45) is -5.31. The van der Waals surface area contributed by atoms with Crippen molar-refractivity contribution in [2.75, 3.05) is 0 Å². The first-order valence-corrected chi connectivity index (χ1v) is 5.70. The highest BCUT2D eigenvalue weighted by atomic mass is 79.9. The minimum absolute atomic E-state index is 0.0126. The van der Waals surface area contributed by atoms with Gasteiger partial charge in [-0.1, -0.05) is 22.0 Å². The van der Waals surface area contributed by atoms with Crippen LogP contribution < -0.4 is 0 Å². The zero-order chi connectivity index (χ0) is 12.6. The lowest BCUT2D eigenvalue weighted by Gasteiger charge is -2.27. The molecule has 0 amide bonds. The standard InChI is InChI=1S/C8H6BrF3O3S/c9-6(7(14,15)8(10,11)12)5(13)4-2-1-3-16-4/h1-3,6,14-15H/t6-/m0/s1. The summed E-state index contributed by atoms with van der Waals surface area (Å²) in [7, 11) is 0. The summed E-state index contributed by atoms with van der Waals surface area (Å²) in [5, 5.41) is 19.2. The minimum atomic E-state index is -5.31. The topological polar surface area (TPSA) is 57.5 Å². The number of halogens is 4. The van der Waals surface area contributed by atoms with Crippen LogP contribution in [0.3, 0.4) is 0 Å². The van der Waals surface area contributed by atoms with Crippen molar-refractivity contribution in [3.05, 3.63) is 22.4 Å². The molecule has 1 heterocycles. The molecule has 0 spiro atoms. The molecule has 0 saturated heterocycles. The van der Waals surface area contributed by atoms with Crippen LogP contribution in [0.5, 0.6) is 0 Å². The molecule has 0 fully saturated rings. The van der Waals surface area contributed by atoms with E-state index in [1.165, 1.54) is 17.5 Å². The normalized spacial score (nSPS) is 14.9. The lowest BCUT2D eigenvalue weighted by molar-refractivity contribution is -0.342. The second kappa shape index (κ2) is 4.44. The van der Waals surface area contributed by atoms with Gasteiger partial charge < -0.3 is 10.2 Å². The Morgan fingerprint density at radius 1 is 1.44 bits per heavy atom. The van der Waals surface area contributed by atoms with Crippen LogP contribution >= 0.6 is 27.3 Å². The molecule has 0 unspecified atom stereocenters. The summed E-state index contributed by atoms with van der Waals surface area (Å²) in [6, 6.07) is 2.77. The van der Waals surface area contributed by atoms with E-state index in [9.17, 15) is 18.0 Å². The maximum atomic E-state index is 12.2. The number of hydrogen-bond acceptors (Lipinski definition) is 4. The first-order valence-electron chi connectivity index (χ1n) is 3.91. The van der Waals surface area contributed by atoms with E-state index in [-0.39, 0.29) is 4.88 Å². The van der Waals surface area contributed by atoms with Crippen LogP contribution in [0.25, 0.3) is 0 Å². The SMILES string of the molecule is O=C(c1cccs1)[C@H](Br)C(O)(O)C(F)(F)F. The number of rotatable bonds is 3. The van der Waals surface area contributed by atoms with E-state index in [0.717, 1.165) is 11.3 Å². The van der Waals surface area contributed by atoms with E-state index in [1.54, 1.807) is 0 Å². The van der Waals surface area contributed by atoms with Crippen LogP contribution in [0.1, 0.15) is 9.67 Å². The molecule has 90 valence electrons. The van der Waals surface area contributed by atoms with Crippen LogP contribution in [-0.2, 0) is 0 Å². The molecule has 2 N–H and O–H groups in total. The summed E-state index contributed by atoms with van der Waals surface area (Å²) in [4.78, 5) is 9.30. The molecular weight excluding hydrogens is 313 g/mol. The van der Waals surface area contributed by atoms with E-state index in [0.29, 0.717) is 0 Å². The fourth-order valence-electron chi connectivity index (χ4n) is 0.870. The largest absolute Gasteiger partial charge is 0.444 e. The van der Waals surface area contributed by atoms with Crippen molar-refractivity contribution in [1.82, 2.24) is 0 Å². The van der Waals surface area contributed by atoms with Gasteiger partial charge in [-0.25, -0.2) is 0 Å². The van der Waals surface area contributed by atoms with Gasteiger partial charge in [-0.3, -0.25) is 4.79 Å². The highest BCUT2D eigenvalue weighted by Crippen LogP contribution is 2.36. The zero-order valence-electron chi connectivity index (χ0n) is 7.53. The maximum absolute atomic E-state index is 12.2. The van der Waals surface area contributed by atoms with Crippen molar-refractivity contribution >= 4 is 33.0 Å². The maximum Gasteiger partial charge on any atom is 0.444 e. The Morgan fingerprint density at radius 3 is 2.38 bits per heavy atom. The predicted molar refractivity (Wildman–Crippen MR) is 54.6 cm³/mol. The Kier molecular flexibility index (Phi) is 3.78. The van der Waals surface area contributed by atoms with E-state index in [4.69, 9.17) is 10.2 Å². The van der Waals surface area contributed by atoms with Gasteiger partial charge in [-0.05, 0) is 11.4 Å². The average molecular weight is 319 g/mol. The summed E-state index contributed by atoms with van der Waals surface area (Å²) in [5.74, 6) is -5.12. The van der Waals surface area contributed by atoms with Gasteiger partial charge in [-0.2, -0.15) is 13.2 Å². The fraction of sp³-hybridized carbons (Fsp3) is 0.375. The highest BCUT2D eigenvalue weighted by Gasteiger charge is 2.59. The number of Topliss-reactive ketones (excluding diaryl/α,β-unsaturated/α-hetero) is 1. The molecule has 0 aliphatic rings. The van der Waals surface area contributed by atoms with Crippen LogP contribution in [0.4, 0.5) is 13.2 Å². The van der Waals surface area contributed by atoms with Gasteiger partial charge >= 0.3 is 6.18 Å². The van der Waals surface area contributed by atoms with Gasteiger partial charge in [0, 0.05) is 0 Å². The first kappa shape index (κ1) is 13.6. The van der Waals surface area contributed by atoms with Crippen molar-refractivity contribution in [3.63, 3.8) is 0 Å². The summed E-state index contributed by atoms with van der Waals surface area (Å²) in [6.45, 7) is 0.